The Kier molecular flexibility index (Phi) is 3.48. The monoisotopic (exact) mass is 333 g/mol. The van der Waals surface area contributed by atoms with Crippen LogP contribution in [-0.2, 0) is 11.2 Å². The Labute approximate surface area is 138 Å². The number of thiophene rings is 1. The van der Waals surface area contributed by atoms with Crippen molar-refractivity contribution in [3.05, 3.63) is 51.2 Å². The number of halogens is 1. The molecular weight excluding hydrogens is 318 g/mol. The van der Waals surface area contributed by atoms with Crippen LogP contribution in [-0.4, -0.2) is 23.7 Å². The lowest BCUT2D eigenvalue weighted by Crippen LogP contribution is -2.43. The molecule has 1 N–H and O–H groups in total. The number of amides is 1. The minimum Gasteiger partial charge on any atom is -0.391 e. The highest BCUT2D eigenvalue weighted by molar-refractivity contribution is 7.16. The normalized spacial score (nSPS) is 26.6. The molecule has 2 aromatic rings. The lowest BCUT2D eigenvalue weighted by Gasteiger charge is -2.32. The summed E-state index contributed by atoms with van der Waals surface area (Å²) in [5.41, 5.74) is 2.00. The average Bonchev–Trinajstić information content (AvgIpc) is 3.20. The van der Waals surface area contributed by atoms with Crippen molar-refractivity contribution in [1.29, 1.82) is 0 Å². The fourth-order valence-electron chi connectivity index (χ4n) is 3.29. The van der Waals surface area contributed by atoms with E-state index in [-0.39, 0.29) is 17.7 Å². The van der Waals surface area contributed by atoms with Gasteiger partial charge in [0.05, 0.1) is 17.0 Å². The van der Waals surface area contributed by atoms with Gasteiger partial charge in [0.2, 0.25) is 5.91 Å². The quantitative estimate of drug-likeness (QED) is 0.914. The fourth-order valence-corrected chi connectivity index (χ4v) is 4.53. The highest BCUT2D eigenvalue weighted by Crippen LogP contribution is 2.51. The molecule has 2 aliphatic rings. The summed E-state index contributed by atoms with van der Waals surface area (Å²) in [4.78, 5) is 15.8. The molecule has 1 aromatic carbocycles. The van der Waals surface area contributed by atoms with Gasteiger partial charge in [-0.2, -0.15) is 0 Å². The van der Waals surface area contributed by atoms with Gasteiger partial charge in [-0.15, -0.1) is 11.3 Å². The van der Waals surface area contributed by atoms with E-state index in [9.17, 15) is 9.90 Å². The molecule has 1 aromatic heterocycles. The molecule has 3 nitrogen and oxygen atoms in total. The Balaban J connectivity index is 1.57. The number of carbonyl (C=O) groups excluding carboxylic acids is 1. The van der Waals surface area contributed by atoms with E-state index >= 15 is 0 Å². The minimum absolute atomic E-state index is 0.0214. The second-order valence-electron chi connectivity index (χ2n) is 6.03. The smallest absolute Gasteiger partial charge is 0.230 e. The highest BCUT2D eigenvalue weighted by Gasteiger charge is 2.47. The highest BCUT2D eigenvalue weighted by atomic mass is 35.5. The zero-order valence-electron chi connectivity index (χ0n) is 11.9. The molecule has 3 atom stereocenters. The lowest BCUT2D eigenvalue weighted by molar-refractivity contribution is -0.120. The number of rotatable bonds is 2. The van der Waals surface area contributed by atoms with E-state index in [2.05, 4.69) is 0 Å². The van der Waals surface area contributed by atoms with Crippen LogP contribution in [0.2, 0.25) is 4.34 Å². The third kappa shape index (κ3) is 2.45. The first-order chi connectivity index (χ1) is 10.6. The number of aliphatic hydroxyl groups is 1. The van der Waals surface area contributed by atoms with Crippen LogP contribution in [0.4, 0.5) is 5.69 Å². The molecule has 4 rings (SSSR count). The summed E-state index contributed by atoms with van der Waals surface area (Å²) in [5.74, 6) is 0.435. The number of carbonyl (C=O) groups is 1. The minimum atomic E-state index is -0.479. The number of hydrogen-bond donors (Lipinski definition) is 1. The van der Waals surface area contributed by atoms with Crippen molar-refractivity contribution in [2.75, 3.05) is 11.4 Å². The van der Waals surface area contributed by atoms with Gasteiger partial charge in [-0.1, -0.05) is 29.8 Å². The van der Waals surface area contributed by atoms with Gasteiger partial charge in [0, 0.05) is 28.8 Å². The van der Waals surface area contributed by atoms with E-state index in [1.807, 2.05) is 36.4 Å². The van der Waals surface area contributed by atoms with Crippen LogP contribution in [0.15, 0.2) is 36.4 Å². The van der Waals surface area contributed by atoms with Crippen LogP contribution in [0.25, 0.3) is 0 Å². The van der Waals surface area contributed by atoms with E-state index < -0.39 is 6.10 Å². The van der Waals surface area contributed by atoms with Crippen LogP contribution < -0.4 is 4.90 Å². The van der Waals surface area contributed by atoms with Gasteiger partial charge in [0.15, 0.2) is 0 Å². The molecule has 1 aliphatic heterocycles. The fraction of sp³-hybridized carbons (Fsp3) is 0.353. The number of nitrogens with zero attached hydrogens (tertiary/aromatic N) is 1. The maximum atomic E-state index is 12.8. The van der Waals surface area contributed by atoms with Crippen molar-refractivity contribution in [1.82, 2.24) is 0 Å². The summed E-state index contributed by atoms with van der Waals surface area (Å²) in [6.45, 7) is 0.393. The third-order valence-electron chi connectivity index (χ3n) is 4.46. The molecule has 1 unspecified atom stereocenters. The Morgan fingerprint density at radius 2 is 2.09 bits per heavy atom. The van der Waals surface area contributed by atoms with Crippen LogP contribution >= 0.6 is 22.9 Å². The van der Waals surface area contributed by atoms with E-state index in [1.165, 1.54) is 4.88 Å². The number of para-hydroxylation sites is 1. The first kappa shape index (κ1) is 14.2. The standard InChI is InChI=1S/C17H16ClNO2S/c18-16-6-5-15(22-16)12-8-13(12)17(21)19-9-11(20)7-10-3-1-2-4-14(10)19/h1-6,11-13,20H,7-9H2/t11?,12-,13-/m1/s1. The number of aliphatic hydroxyl groups excluding tert-OH is 1. The molecule has 1 fully saturated rings. The number of fused-ring (bicyclic) bond motifs is 1. The summed E-state index contributed by atoms with van der Waals surface area (Å²) in [7, 11) is 0. The van der Waals surface area contributed by atoms with E-state index in [1.54, 1.807) is 16.2 Å². The number of β-amino-alcohol motifs (C(OH)–C–C–N with tert-alkyl or cyclic N) is 1. The van der Waals surface area contributed by atoms with Gasteiger partial charge in [-0.3, -0.25) is 4.79 Å². The first-order valence-electron chi connectivity index (χ1n) is 7.46. The van der Waals surface area contributed by atoms with Gasteiger partial charge in [-0.05, 0) is 30.2 Å². The average molecular weight is 334 g/mol. The number of hydrogen-bond acceptors (Lipinski definition) is 3. The zero-order valence-corrected chi connectivity index (χ0v) is 13.5. The maximum Gasteiger partial charge on any atom is 0.230 e. The molecule has 0 bridgehead atoms. The Morgan fingerprint density at radius 1 is 1.27 bits per heavy atom. The summed E-state index contributed by atoms with van der Waals surface area (Å²) in [6, 6.07) is 11.8. The second-order valence-corrected chi connectivity index (χ2v) is 7.77. The maximum absolute atomic E-state index is 12.8. The summed E-state index contributed by atoms with van der Waals surface area (Å²) >= 11 is 7.54. The SMILES string of the molecule is O=C([C@@H]1C[C@H]1c1ccc(Cl)s1)N1CC(O)Cc2ccccc21. The largest absolute Gasteiger partial charge is 0.391 e. The molecule has 0 saturated heterocycles. The summed E-state index contributed by atoms with van der Waals surface area (Å²) < 4.78 is 0.770. The predicted octanol–water partition coefficient (Wildman–Crippen LogP) is 3.46. The molecule has 0 spiro atoms. The summed E-state index contributed by atoms with van der Waals surface area (Å²) in [5, 5.41) is 10.1. The van der Waals surface area contributed by atoms with Crippen molar-refractivity contribution < 1.29 is 9.90 Å². The number of anilines is 1. The van der Waals surface area contributed by atoms with Crippen molar-refractivity contribution in [2.24, 2.45) is 5.92 Å². The molecule has 0 radical (unpaired) electrons. The molecule has 2 heterocycles. The van der Waals surface area contributed by atoms with Gasteiger partial charge in [0.1, 0.15) is 0 Å². The molecule has 5 heteroatoms. The topological polar surface area (TPSA) is 40.5 Å². The molecule has 1 aliphatic carbocycles. The van der Waals surface area contributed by atoms with E-state index in [4.69, 9.17) is 11.6 Å². The van der Waals surface area contributed by atoms with E-state index in [0.29, 0.717) is 13.0 Å². The van der Waals surface area contributed by atoms with Gasteiger partial charge >= 0.3 is 0 Å². The molecule has 22 heavy (non-hydrogen) atoms. The Hall–Kier alpha value is -1.36. The van der Waals surface area contributed by atoms with Crippen molar-refractivity contribution in [2.45, 2.75) is 24.9 Å². The first-order valence-corrected chi connectivity index (χ1v) is 8.65. The van der Waals surface area contributed by atoms with Crippen LogP contribution in [0.3, 0.4) is 0 Å². The molecule has 114 valence electrons. The molecule has 1 amide bonds. The lowest BCUT2D eigenvalue weighted by atomic mass is 9.99. The van der Waals surface area contributed by atoms with Crippen molar-refractivity contribution in [3.8, 4) is 0 Å². The van der Waals surface area contributed by atoms with Gasteiger partial charge < -0.3 is 10.0 Å². The van der Waals surface area contributed by atoms with Crippen molar-refractivity contribution in [3.63, 3.8) is 0 Å². The predicted molar refractivity (Wildman–Crippen MR) is 88.7 cm³/mol. The summed E-state index contributed by atoms with van der Waals surface area (Å²) in [6.07, 6.45) is 1.02. The van der Waals surface area contributed by atoms with E-state index in [0.717, 1.165) is 22.0 Å². The van der Waals surface area contributed by atoms with Crippen LogP contribution in [0.5, 0.6) is 0 Å². The third-order valence-corrected chi connectivity index (χ3v) is 5.83. The zero-order chi connectivity index (χ0) is 15.3. The van der Waals surface area contributed by atoms with Crippen molar-refractivity contribution >= 4 is 34.5 Å². The Bertz CT molecular complexity index is 729. The molecular formula is C17H16ClNO2S. The number of benzene rings is 1. The Morgan fingerprint density at radius 3 is 2.86 bits per heavy atom. The van der Waals surface area contributed by atoms with Gasteiger partial charge in [-0.25, -0.2) is 0 Å². The second kappa shape index (κ2) is 5.37. The molecule has 1 saturated carbocycles. The van der Waals surface area contributed by atoms with Gasteiger partial charge in [0.25, 0.3) is 0 Å². The van der Waals surface area contributed by atoms with Crippen LogP contribution in [0, 0.1) is 5.92 Å². The van der Waals surface area contributed by atoms with Crippen LogP contribution in [0.1, 0.15) is 22.8 Å².